The van der Waals surface area contributed by atoms with Crippen molar-refractivity contribution in [3.8, 4) is 0 Å². The zero-order chi connectivity index (χ0) is 18.1. The van der Waals surface area contributed by atoms with Crippen molar-refractivity contribution in [2.24, 2.45) is 0 Å². The number of alkyl carbamates (subject to hydrolysis) is 1. The number of rotatable bonds is 9. The fourth-order valence-corrected chi connectivity index (χ4v) is 2.43. The molecule has 0 spiro atoms. The molecule has 1 unspecified atom stereocenters. The molecule has 0 radical (unpaired) electrons. The predicted molar refractivity (Wildman–Crippen MR) is 89.9 cm³/mol. The summed E-state index contributed by atoms with van der Waals surface area (Å²) in [6, 6.07) is 9.30. The minimum atomic E-state index is -0.777. The van der Waals surface area contributed by atoms with Crippen LogP contribution < -0.4 is 5.32 Å². The summed E-state index contributed by atoms with van der Waals surface area (Å²) in [7, 11) is 0. The minimum absolute atomic E-state index is 0.135. The van der Waals surface area contributed by atoms with Gasteiger partial charge < -0.3 is 4.74 Å². The smallest absolute Gasteiger partial charge is 0.409 e. The van der Waals surface area contributed by atoms with Crippen LogP contribution in [0.4, 0.5) is 4.79 Å². The van der Waals surface area contributed by atoms with Gasteiger partial charge in [-0.15, -0.1) is 0 Å². The number of hydrogen-bond donors (Lipinski definition) is 1. The largest absolute Gasteiger partial charge is 0.445 e. The summed E-state index contributed by atoms with van der Waals surface area (Å²) >= 11 is 0. The summed E-state index contributed by atoms with van der Waals surface area (Å²) in [6.45, 7) is 2.20. The van der Waals surface area contributed by atoms with Crippen molar-refractivity contribution in [1.29, 1.82) is 0 Å². The van der Waals surface area contributed by atoms with Gasteiger partial charge in [-0.2, -0.15) is 5.06 Å². The van der Waals surface area contributed by atoms with Gasteiger partial charge in [-0.3, -0.25) is 14.9 Å². The lowest BCUT2D eigenvalue weighted by Crippen LogP contribution is -2.43. The summed E-state index contributed by atoms with van der Waals surface area (Å²) in [6.07, 6.45) is 2.11. The highest BCUT2D eigenvalue weighted by Crippen LogP contribution is 2.15. The van der Waals surface area contributed by atoms with E-state index in [0.717, 1.165) is 29.9 Å². The van der Waals surface area contributed by atoms with Crippen LogP contribution in [0.2, 0.25) is 0 Å². The number of benzene rings is 1. The van der Waals surface area contributed by atoms with Crippen molar-refractivity contribution in [3.05, 3.63) is 35.9 Å². The average Bonchev–Trinajstić information content (AvgIpc) is 2.93. The van der Waals surface area contributed by atoms with Gasteiger partial charge >= 0.3 is 6.09 Å². The third-order valence-corrected chi connectivity index (χ3v) is 3.80. The van der Waals surface area contributed by atoms with Crippen LogP contribution in [0.3, 0.4) is 0 Å². The van der Waals surface area contributed by atoms with Crippen LogP contribution in [0.25, 0.3) is 0 Å². The van der Waals surface area contributed by atoms with E-state index in [2.05, 4.69) is 12.2 Å². The highest BCUT2D eigenvalue weighted by molar-refractivity contribution is 6.00. The van der Waals surface area contributed by atoms with E-state index in [4.69, 9.17) is 9.57 Å². The first-order valence-electron chi connectivity index (χ1n) is 8.60. The summed E-state index contributed by atoms with van der Waals surface area (Å²) in [4.78, 5) is 40.8. The van der Waals surface area contributed by atoms with E-state index >= 15 is 0 Å². The van der Waals surface area contributed by atoms with E-state index < -0.39 is 12.3 Å². The Balaban J connectivity index is 1.86. The normalized spacial score (nSPS) is 15.3. The fraction of sp³-hybridized carbons (Fsp3) is 0.500. The second kappa shape index (κ2) is 9.78. The standard InChI is InChI=1S/C18H24N2O5/c1-2-3-5-10-15(25-20-16(21)11-12-17(20)22)19-18(23)24-13-14-8-6-4-7-9-14/h4,6-9,15H,2-3,5,10-13H2,1H3,(H,19,23). The molecule has 1 heterocycles. The predicted octanol–water partition coefficient (Wildman–Crippen LogP) is 2.90. The highest BCUT2D eigenvalue weighted by Gasteiger charge is 2.33. The van der Waals surface area contributed by atoms with Crippen molar-refractivity contribution < 1.29 is 24.0 Å². The topological polar surface area (TPSA) is 84.9 Å². The number of hydroxylamine groups is 2. The number of imide groups is 1. The third kappa shape index (κ3) is 6.19. The molecule has 136 valence electrons. The second-order valence-electron chi connectivity index (χ2n) is 5.88. The van der Waals surface area contributed by atoms with Crippen LogP contribution >= 0.6 is 0 Å². The van der Waals surface area contributed by atoms with Crippen molar-refractivity contribution in [2.75, 3.05) is 0 Å². The van der Waals surface area contributed by atoms with Gasteiger partial charge in [0.1, 0.15) is 6.61 Å². The first kappa shape index (κ1) is 18.9. The quantitative estimate of drug-likeness (QED) is 0.421. The first-order valence-corrected chi connectivity index (χ1v) is 8.60. The summed E-state index contributed by atoms with van der Waals surface area (Å²) in [5, 5.41) is 3.34. The van der Waals surface area contributed by atoms with E-state index in [-0.39, 0.29) is 31.3 Å². The van der Waals surface area contributed by atoms with E-state index in [1.54, 1.807) is 0 Å². The maximum atomic E-state index is 12.0. The molecule has 2 rings (SSSR count). The number of unbranched alkanes of at least 4 members (excludes halogenated alkanes) is 2. The van der Waals surface area contributed by atoms with Gasteiger partial charge in [-0.1, -0.05) is 50.1 Å². The lowest BCUT2D eigenvalue weighted by molar-refractivity contribution is -0.207. The fourth-order valence-electron chi connectivity index (χ4n) is 2.43. The van der Waals surface area contributed by atoms with Crippen molar-refractivity contribution in [1.82, 2.24) is 10.4 Å². The van der Waals surface area contributed by atoms with E-state index in [1.807, 2.05) is 30.3 Å². The lowest BCUT2D eigenvalue weighted by atomic mass is 10.2. The Hall–Kier alpha value is -2.41. The summed E-state index contributed by atoms with van der Waals surface area (Å²) in [5.41, 5.74) is 0.867. The number of carbonyl (C=O) groups excluding carboxylic acids is 3. The summed E-state index contributed by atoms with van der Waals surface area (Å²) in [5.74, 6) is -0.769. The molecule has 7 nitrogen and oxygen atoms in total. The molecule has 1 aromatic rings. The van der Waals surface area contributed by atoms with Crippen molar-refractivity contribution in [2.45, 2.75) is 58.3 Å². The molecule has 1 aliphatic heterocycles. The number of nitrogens with zero attached hydrogens (tertiary/aromatic N) is 1. The van der Waals surface area contributed by atoms with Crippen LogP contribution in [0.1, 0.15) is 51.0 Å². The Morgan fingerprint density at radius 1 is 1.16 bits per heavy atom. The van der Waals surface area contributed by atoms with Gasteiger partial charge in [0.25, 0.3) is 11.8 Å². The van der Waals surface area contributed by atoms with Gasteiger partial charge in [-0.25, -0.2) is 9.63 Å². The minimum Gasteiger partial charge on any atom is -0.445 e. The molecule has 0 saturated carbocycles. The van der Waals surface area contributed by atoms with Gasteiger partial charge in [0, 0.05) is 12.8 Å². The van der Waals surface area contributed by atoms with Crippen LogP contribution in [-0.2, 0) is 25.8 Å². The highest BCUT2D eigenvalue weighted by atomic mass is 16.7. The Morgan fingerprint density at radius 2 is 1.84 bits per heavy atom. The molecule has 1 atom stereocenters. The average molecular weight is 348 g/mol. The second-order valence-corrected chi connectivity index (χ2v) is 5.88. The monoisotopic (exact) mass is 348 g/mol. The Bertz CT molecular complexity index is 574. The molecule has 0 aromatic heterocycles. The van der Waals surface area contributed by atoms with E-state index in [0.29, 0.717) is 6.42 Å². The maximum absolute atomic E-state index is 12.0. The van der Waals surface area contributed by atoms with Crippen LogP contribution in [0.15, 0.2) is 30.3 Å². The van der Waals surface area contributed by atoms with Gasteiger partial charge in [0.15, 0.2) is 6.23 Å². The van der Waals surface area contributed by atoms with E-state index in [9.17, 15) is 14.4 Å². The van der Waals surface area contributed by atoms with Crippen LogP contribution in [0.5, 0.6) is 0 Å². The molecule has 3 amide bonds. The van der Waals surface area contributed by atoms with Gasteiger partial charge in [0.05, 0.1) is 0 Å². The first-order chi connectivity index (χ1) is 12.1. The molecule has 1 fully saturated rings. The molecular weight excluding hydrogens is 324 g/mol. The Labute approximate surface area is 147 Å². The molecule has 0 aliphatic carbocycles. The zero-order valence-corrected chi connectivity index (χ0v) is 14.4. The number of carbonyl (C=O) groups is 3. The zero-order valence-electron chi connectivity index (χ0n) is 14.4. The lowest BCUT2D eigenvalue weighted by Gasteiger charge is -2.23. The maximum Gasteiger partial charge on any atom is 0.409 e. The third-order valence-electron chi connectivity index (χ3n) is 3.80. The molecule has 1 aromatic carbocycles. The molecule has 25 heavy (non-hydrogen) atoms. The Morgan fingerprint density at radius 3 is 2.48 bits per heavy atom. The van der Waals surface area contributed by atoms with Crippen LogP contribution in [0, 0.1) is 0 Å². The van der Waals surface area contributed by atoms with E-state index in [1.165, 1.54) is 0 Å². The molecule has 1 saturated heterocycles. The SMILES string of the molecule is CCCCCC(NC(=O)OCc1ccccc1)ON1C(=O)CCC1=O. The Kier molecular flexibility index (Phi) is 7.40. The number of nitrogens with one attached hydrogen (secondary N) is 1. The molecule has 0 bridgehead atoms. The molecule has 1 aliphatic rings. The van der Waals surface area contributed by atoms with Gasteiger partial charge in [0.2, 0.25) is 0 Å². The molecule has 7 heteroatoms. The molecular formula is C18H24N2O5. The van der Waals surface area contributed by atoms with Crippen molar-refractivity contribution >= 4 is 17.9 Å². The number of amides is 3. The summed E-state index contributed by atoms with van der Waals surface area (Å²) < 4.78 is 5.16. The number of hydrogen-bond acceptors (Lipinski definition) is 5. The van der Waals surface area contributed by atoms with Crippen LogP contribution in [-0.4, -0.2) is 29.2 Å². The molecule has 1 N–H and O–H groups in total. The van der Waals surface area contributed by atoms with Crippen molar-refractivity contribution in [3.63, 3.8) is 0 Å². The van der Waals surface area contributed by atoms with Gasteiger partial charge in [-0.05, 0) is 18.4 Å². The number of ether oxygens (including phenoxy) is 1.